The summed E-state index contributed by atoms with van der Waals surface area (Å²) in [4.78, 5) is 0. The van der Waals surface area contributed by atoms with E-state index in [1.54, 1.807) is 42.5 Å². The number of alkyl halides is 1. The molecule has 0 bridgehead atoms. The van der Waals surface area contributed by atoms with E-state index in [9.17, 15) is 5.11 Å². The van der Waals surface area contributed by atoms with Crippen molar-refractivity contribution in [2.45, 2.75) is 5.06 Å². The molecule has 0 aliphatic rings. The largest absolute Gasteiger partial charge is 0.495 e. The van der Waals surface area contributed by atoms with E-state index in [2.05, 4.69) is 0 Å². The van der Waals surface area contributed by atoms with E-state index in [1.807, 2.05) is 6.07 Å². The number of benzene rings is 2. The van der Waals surface area contributed by atoms with Gasteiger partial charge in [-0.1, -0.05) is 54.1 Å². The number of aliphatic hydroxyl groups is 1. The Kier molecular flexibility index (Phi) is 3.45. The average Bonchev–Trinajstić information content (AvgIpc) is 2.40. The minimum atomic E-state index is -1.67. The molecule has 0 aliphatic heterocycles. The van der Waals surface area contributed by atoms with Gasteiger partial charge >= 0.3 is 0 Å². The van der Waals surface area contributed by atoms with Crippen LogP contribution < -0.4 is 10.5 Å². The maximum Gasteiger partial charge on any atom is 0.192 e. The van der Waals surface area contributed by atoms with Crippen LogP contribution in [0.3, 0.4) is 0 Å². The van der Waals surface area contributed by atoms with Gasteiger partial charge in [0.2, 0.25) is 0 Å². The topological polar surface area (TPSA) is 55.5 Å². The van der Waals surface area contributed by atoms with Crippen molar-refractivity contribution in [2.24, 2.45) is 0 Å². The summed E-state index contributed by atoms with van der Waals surface area (Å²) in [5.41, 5.74) is 7.26. The lowest BCUT2D eigenvalue weighted by atomic mass is 9.99. The average molecular weight is 264 g/mol. The van der Waals surface area contributed by atoms with Crippen LogP contribution in [-0.2, 0) is 5.06 Å². The van der Waals surface area contributed by atoms with Crippen molar-refractivity contribution in [3.05, 3.63) is 59.7 Å². The molecule has 3 N–H and O–H groups in total. The van der Waals surface area contributed by atoms with Crippen LogP contribution in [0.5, 0.6) is 5.75 Å². The number of nitrogen functional groups attached to an aromatic ring is 1. The molecule has 2 aromatic carbocycles. The zero-order chi connectivity index (χ0) is 13.2. The minimum absolute atomic E-state index is 0.335. The third-order valence-electron chi connectivity index (χ3n) is 2.80. The highest BCUT2D eigenvalue weighted by Crippen LogP contribution is 2.40. The molecule has 94 valence electrons. The predicted molar refractivity (Wildman–Crippen MR) is 72.7 cm³/mol. The molecule has 0 heterocycles. The van der Waals surface area contributed by atoms with Crippen LogP contribution in [0.2, 0.25) is 0 Å². The lowest BCUT2D eigenvalue weighted by molar-refractivity contribution is 0.173. The van der Waals surface area contributed by atoms with Gasteiger partial charge in [0.15, 0.2) is 5.06 Å². The van der Waals surface area contributed by atoms with Crippen LogP contribution in [0.15, 0.2) is 48.5 Å². The van der Waals surface area contributed by atoms with E-state index in [-0.39, 0.29) is 0 Å². The zero-order valence-corrected chi connectivity index (χ0v) is 10.7. The Morgan fingerprint density at radius 3 is 2.39 bits per heavy atom. The molecule has 1 unspecified atom stereocenters. The summed E-state index contributed by atoms with van der Waals surface area (Å²) in [6.45, 7) is 0. The highest BCUT2D eigenvalue weighted by molar-refractivity contribution is 6.25. The Bertz CT molecular complexity index is 541. The fourth-order valence-corrected chi connectivity index (χ4v) is 2.12. The standard InChI is InChI=1S/C14H14ClNO2/c1-18-12-9-5-8-11(13(12)16)14(15,17)10-6-3-2-4-7-10/h2-9,17H,16H2,1H3. The number of halogens is 1. The van der Waals surface area contributed by atoms with Crippen LogP contribution in [0.25, 0.3) is 0 Å². The van der Waals surface area contributed by atoms with Crippen LogP contribution in [0.4, 0.5) is 5.69 Å². The molecular formula is C14H14ClNO2. The van der Waals surface area contributed by atoms with Crippen molar-refractivity contribution in [2.75, 3.05) is 12.8 Å². The first-order chi connectivity index (χ1) is 8.57. The van der Waals surface area contributed by atoms with Crippen molar-refractivity contribution < 1.29 is 9.84 Å². The van der Waals surface area contributed by atoms with Gasteiger partial charge < -0.3 is 15.6 Å². The van der Waals surface area contributed by atoms with Crippen LogP contribution in [-0.4, -0.2) is 12.2 Å². The summed E-state index contributed by atoms with van der Waals surface area (Å²) in [5.74, 6) is 0.488. The highest BCUT2D eigenvalue weighted by Gasteiger charge is 2.31. The molecular weight excluding hydrogens is 250 g/mol. The number of ether oxygens (including phenoxy) is 1. The second kappa shape index (κ2) is 4.88. The lowest BCUT2D eigenvalue weighted by Crippen LogP contribution is -2.21. The number of nitrogens with two attached hydrogens (primary N) is 1. The summed E-state index contributed by atoms with van der Waals surface area (Å²) in [7, 11) is 1.52. The SMILES string of the molecule is COc1cccc(C(O)(Cl)c2ccccc2)c1N. The van der Waals surface area contributed by atoms with E-state index in [1.165, 1.54) is 7.11 Å². The van der Waals surface area contributed by atoms with E-state index in [0.717, 1.165) is 0 Å². The van der Waals surface area contributed by atoms with E-state index in [4.69, 9.17) is 22.1 Å². The van der Waals surface area contributed by atoms with Gasteiger partial charge in [-0.3, -0.25) is 0 Å². The van der Waals surface area contributed by atoms with E-state index >= 15 is 0 Å². The summed E-state index contributed by atoms with van der Waals surface area (Å²) in [6.07, 6.45) is 0. The fraction of sp³-hybridized carbons (Fsp3) is 0.143. The summed E-state index contributed by atoms with van der Waals surface area (Å²) in [5, 5.41) is 8.82. The van der Waals surface area contributed by atoms with Gasteiger partial charge in [0.05, 0.1) is 12.8 Å². The molecule has 0 spiro atoms. The molecule has 0 aromatic heterocycles. The molecule has 0 saturated heterocycles. The summed E-state index contributed by atoms with van der Waals surface area (Å²) in [6, 6.07) is 14.1. The number of hydrogen-bond acceptors (Lipinski definition) is 3. The molecule has 2 rings (SSSR count). The first-order valence-corrected chi connectivity index (χ1v) is 5.85. The molecule has 0 amide bonds. The number of anilines is 1. The Hall–Kier alpha value is -1.71. The van der Waals surface area contributed by atoms with Crippen molar-refractivity contribution in [3.8, 4) is 5.75 Å². The maximum absolute atomic E-state index is 10.5. The van der Waals surface area contributed by atoms with Gasteiger partial charge in [-0.05, 0) is 6.07 Å². The molecule has 0 radical (unpaired) electrons. The summed E-state index contributed by atoms with van der Waals surface area (Å²) < 4.78 is 5.12. The molecule has 1 atom stereocenters. The Morgan fingerprint density at radius 1 is 1.11 bits per heavy atom. The summed E-state index contributed by atoms with van der Waals surface area (Å²) >= 11 is 6.24. The fourth-order valence-electron chi connectivity index (χ4n) is 1.83. The predicted octanol–water partition coefficient (Wildman–Crippen LogP) is 2.71. The van der Waals surface area contributed by atoms with Crippen LogP contribution in [0.1, 0.15) is 11.1 Å². The third-order valence-corrected chi connectivity index (χ3v) is 3.22. The van der Waals surface area contributed by atoms with Gasteiger partial charge in [-0.2, -0.15) is 0 Å². The Morgan fingerprint density at radius 2 is 1.78 bits per heavy atom. The quantitative estimate of drug-likeness (QED) is 0.661. The van der Waals surface area contributed by atoms with Crippen LogP contribution in [0, 0.1) is 0 Å². The van der Waals surface area contributed by atoms with E-state index < -0.39 is 5.06 Å². The zero-order valence-electron chi connectivity index (χ0n) is 9.93. The molecule has 4 heteroatoms. The second-order valence-electron chi connectivity index (χ2n) is 3.91. The molecule has 2 aromatic rings. The molecule has 0 saturated carbocycles. The van der Waals surface area contributed by atoms with Crippen molar-refractivity contribution in [3.63, 3.8) is 0 Å². The smallest absolute Gasteiger partial charge is 0.192 e. The lowest BCUT2D eigenvalue weighted by Gasteiger charge is -2.24. The monoisotopic (exact) mass is 263 g/mol. The number of hydrogen-bond donors (Lipinski definition) is 2. The normalized spacial score (nSPS) is 13.9. The van der Waals surface area contributed by atoms with Crippen molar-refractivity contribution >= 4 is 17.3 Å². The second-order valence-corrected chi connectivity index (χ2v) is 4.46. The molecule has 3 nitrogen and oxygen atoms in total. The van der Waals surface area contributed by atoms with Gasteiger partial charge in [0.1, 0.15) is 5.75 Å². The Balaban J connectivity index is 2.54. The van der Waals surface area contributed by atoms with Crippen molar-refractivity contribution in [1.82, 2.24) is 0 Å². The number of para-hydroxylation sites is 1. The first kappa shape index (κ1) is 12.7. The number of rotatable bonds is 3. The first-order valence-electron chi connectivity index (χ1n) is 5.47. The third kappa shape index (κ3) is 2.15. The molecule has 18 heavy (non-hydrogen) atoms. The van der Waals surface area contributed by atoms with Crippen molar-refractivity contribution in [1.29, 1.82) is 0 Å². The van der Waals surface area contributed by atoms with Gasteiger partial charge in [0.25, 0.3) is 0 Å². The molecule has 0 aliphatic carbocycles. The van der Waals surface area contributed by atoms with Crippen LogP contribution >= 0.6 is 11.6 Å². The van der Waals surface area contributed by atoms with Gasteiger partial charge in [0, 0.05) is 11.1 Å². The molecule has 0 fully saturated rings. The Labute approximate surface area is 111 Å². The van der Waals surface area contributed by atoms with E-state index in [0.29, 0.717) is 22.6 Å². The van der Waals surface area contributed by atoms with Gasteiger partial charge in [-0.15, -0.1) is 0 Å². The minimum Gasteiger partial charge on any atom is -0.495 e. The van der Waals surface area contributed by atoms with Gasteiger partial charge in [-0.25, -0.2) is 0 Å². The maximum atomic E-state index is 10.5. The highest BCUT2D eigenvalue weighted by atomic mass is 35.5. The number of methoxy groups -OCH3 is 1.